The summed E-state index contributed by atoms with van der Waals surface area (Å²) in [7, 11) is 0. The van der Waals surface area contributed by atoms with Crippen LogP contribution in [0, 0.1) is 0 Å². The van der Waals surface area contributed by atoms with Gasteiger partial charge >= 0.3 is 0 Å². The first-order chi connectivity index (χ1) is 9.74. The van der Waals surface area contributed by atoms with Crippen molar-refractivity contribution in [3.05, 3.63) is 69.8 Å². The smallest absolute Gasteiger partial charge is 0.201 e. The average molecular weight is 281 g/mol. The zero-order valence-electron chi connectivity index (χ0n) is 10.4. The second kappa shape index (κ2) is 4.09. The molecule has 0 spiro atoms. The molecule has 0 fully saturated rings. The summed E-state index contributed by atoms with van der Waals surface area (Å²) in [5.41, 5.74) is 1.09. The molecule has 0 N–H and O–H groups in total. The predicted octanol–water partition coefficient (Wildman–Crippen LogP) is 4.75. The van der Waals surface area contributed by atoms with Gasteiger partial charge in [-0.15, -0.1) is 0 Å². The average Bonchev–Trinajstić information content (AvgIpc) is 2.46. The van der Waals surface area contributed by atoms with Gasteiger partial charge in [0.2, 0.25) is 5.43 Å². The molecule has 0 saturated heterocycles. The summed E-state index contributed by atoms with van der Waals surface area (Å²) in [6, 6.07) is 16.7. The molecule has 1 heterocycles. The summed E-state index contributed by atoms with van der Waals surface area (Å²) in [5.74, 6) is 0. The molecule has 0 aliphatic rings. The molecule has 0 bridgehead atoms. The Kier molecular flexibility index (Phi) is 2.35. The summed E-state index contributed by atoms with van der Waals surface area (Å²) in [6.45, 7) is 0. The van der Waals surface area contributed by atoms with Crippen LogP contribution in [0.3, 0.4) is 0 Å². The second-order valence-corrected chi connectivity index (χ2v) is 5.17. The first kappa shape index (κ1) is 11.5. The first-order valence-electron chi connectivity index (χ1n) is 6.28. The van der Waals surface area contributed by atoms with Gasteiger partial charge in [-0.3, -0.25) is 4.79 Å². The van der Waals surface area contributed by atoms with E-state index in [1.54, 1.807) is 18.2 Å². The van der Waals surface area contributed by atoms with Crippen LogP contribution in [0.15, 0.2) is 63.8 Å². The van der Waals surface area contributed by atoms with Crippen LogP contribution in [-0.4, -0.2) is 0 Å². The summed E-state index contributed by atoms with van der Waals surface area (Å²) >= 11 is 5.96. The molecule has 0 amide bonds. The molecule has 2 nitrogen and oxygen atoms in total. The quantitative estimate of drug-likeness (QED) is 0.344. The molecule has 0 atom stereocenters. The maximum absolute atomic E-state index is 12.7. The Morgan fingerprint density at radius 1 is 0.850 bits per heavy atom. The monoisotopic (exact) mass is 280 g/mol. The lowest BCUT2D eigenvalue weighted by atomic mass is 10.0. The standard InChI is InChI=1S/C17H9ClO2/c18-11-6-7-13-15(9-11)20-14-8-5-10-3-1-2-4-12(10)16(14)17(13)19/h1-9H. The van der Waals surface area contributed by atoms with Gasteiger partial charge in [0.05, 0.1) is 10.8 Å². The minimum absolute atomic E-state index is 0.0188. The van der Waals surface area contributed by atoms with Crippen LogP contribution in [0.25, 0.3) is 32.7 Å². The Balaban J connectivity index is 2.33. The van der Waals surface area contributed by atoms with E-state index in [0.717, 1.165) is 10.8 Å². The Bertz CT molecular complexity index is 1030. The van der Waals surface area contributed by atoms with Gasteiger partial charge in [0.1, 0.15) is 11.2 Å². The van der Waals surface area contributed by atoms with Gasteiger partial charge < -0.3 is 4.42 Å². The van der Waals surface area contributed by atoms with Gasteiger partial charge in [0, 0.05) is 11.1 Å². The van der Waals surface area contributed by atoms with E-state index in [1.165, 1.54) is 0 Å². The van der Waals surface area contributed by atoms with Crippen LogP contribution in [0.4, 0.5) is 0 Å². The van der Waals surface area contributed by atoms with Gasteiger partial charge in [0.25, 0.3) is 0 Å². The highest BCUT2D eigenvalue weighted by Gasteiger charge is 2.10. The van der Waals surface area contributed by atoms with Crippen molar-refractivity contribution in [3.63, 3.8) is 0 Å². The Hall–Kier alpha value is -2.32. The predicted molar refractivity (Wildman–Crippen MR) is 82.5 cm³/mol. The molecular weight excluding hydrogens is 272 g/mol. The van der Waals surface area contributed by atoms with Crippen LogP contribution in [0.5, 0.6) is 0 Å². The lowest BCUT2D eigenvalue weighted by molar-refractivity contribution is 0.660. The maximum Gasteiger partial charge on any atom is 0.201 e. The highest BCUT2D eigenvalue weighted by Crippen LogP contribution is 2.27. The lowest BCUT2D eigenvalue weighted by Gasteiger charge is -2.05. The summed E-state index contributed by atoms with van der Waals surface area (Å²) in [6.07, 6.45) is 0. The van der Waals surface area contributed by atoms with Gasteiger partial charge in [-0.25, -0.2) is 0 Å². The van der Waals surface area contributed by atoms with E-state index >= 15 is 0 Å². The highest BCUT2D eigenvalue weighted by atomic mass is 35.5. The fourth-order valence-electron chi connectivity index (χ4n) is 2.59. The molecule has 0 unspecified atom stereocenters. The van der Waals surface area contributed by atoms with E-state index in [-0.39, 0.29) is 5.43 Å². The third kappa shape index (κ3) is 1.55. The molecule has 3 aromatic carbocycles. The second-order valence-electron chi connectivity index (χ2n) is 4.73. The van der Waals surface area contributed by atoms with Crippen molar-refractivity contribution in [3.8, 4) is 0 Å². The van der Waals surface area contributed by atoms with Crippen molar-refractivity contribution in [1.82, 2.24) is 0 Å². The molecule has 0 aliphatic heterocycles. The van der Waals surface area contributed by atoms with E-state index in [4.69, 9.17) is 16.0 Å². The number of rotatable bonds is 0. The van der Waals surface area contributed by atoms with Crippen LogP contribution in [0.1, 0.15) is 0 Å². The van der Waals surface area contributed by atoms with Crippen molar-refractivity contribution in [2.24, 2.45) is 0 Å². The molecule has 4 rings (SSSR count). The van der Waals surface area contributed by atoms with Crippen molar-refractivity contribution >= 4 is 44.3 Å². The summed E-state index contributed by atoms with van der Waals surface area (Å²) in [5, 5.41) is 3.67. The van der Waals surface area contributed by atoms with E-state index in [9.17, 15) is 4.79 Å². The number of fused-ring (bicyclic) bond motifs is 4. The number of benzene rings is 3. The molecule has 20 heavy (non-hydrogen) atoms. The van der Waals surface area contributed by atoms with E-state index < -0.39 is 0 Å². The Labute approximate surface area is 119 Å². The number of halogens is 1. The van der Waals surface area contributed by atoms with Crippen molar-refractivity contribution in [2.45, 2.75) is 0 Å². The molecule has 4 aromatic rings. The highest BCUT2D eigenvalue weighted by molar-refractivity contribution is 6.31. The first-order valence-corrected chi connectivity index (χ1v) is 6.66. The summed E-state index contributed by atoms with van der Waals surface area (Å²) in [4.78, 5) is 12.7. The van der Waals surface area contributed by atoms with Crippen molar-refractivity contribution in [2.75, 3.05) is 0 Å². The largest absolute Gasteiger partial charge is 0.456 e. The summed E-state index contributed by atoms with van der Waals surface area (Å²) < 4.78 is 5.83. The van der Waals surface area contributed by atoms with Gasteiger partial charge in [-0.1, -0.05) is 41.9 Å². The normalized spacial score (nSPS) is 11.4. The van der Waals surface area contributed by atoms with Gasteiger partial charge in [-0.2, -0.15) is 0 Å². The zero-order valence-corrected chi connectivity index (χ0v) is 11.1. The van der Waals surface area contributed by atoms with Crippen LogP contribution >= 0.6 is 11.6 Å². The number of hydrogen-bond donors (Lipinski definition) is 0. The van der Waals surface area contributed by atoms with E-state index in [2.05, 4.69) is 0 Å². The van der Waals surface area contributed by atoms with Crippen LogP contribution < -0.4 is 5.43 Å². The SMILES string of the molecule is O=c1c2ccc(Cl)cc2oc2ccc3ccccc3c12. The molecule has 0 saturated carbocycles. The van der Waals surface area contributed by atoms with Crippen molar-refractivity contribution < 1.29 is 4.42 Å². The van der Waals surface area contributed by atoms with E-state index in [0.29, 0.717) is 27.0 Å². The van der Waals surface area contributed by atoms with Gasteiger partial charge in [-0.05, 0) is 29.0 Å². The molecule has 3 heteroatoms. The van der Waals surface area contributed by atoms with Crippen LogP contribution in [0.2, 0.25) is 5.02 Å². The maximum atomic E-state index is 12.7. The number of hydrogen-bond acceptors (Lipinski definition) is 2. The van der Waals surface area contributed by atoms with Crippen molar-refractivity contribution in [1.29, 1.82) is 0 Å². The Morgan fingerprint density at radius 2 is 1.70 bits per heavy atom. The minimum Gasteiger partial charge on any atom is -0.456 e. The molecule has 96 valence electrons. The van der Waals surface area contributed by atoms with E-state index in [1.807, 2.05) is 36.4 Å². The van der Waals surface area contributed by atoms with Crippen LogP contribution in [-0.2, 0) is 0 Å². The topological polar surface area (TPSA) is 30.2 Å². The fourth-order valence-corrected chi connectivity index (χ4v) is 2.75. The minimum atomic E-state index is -0.0188. The third-order valence-corrected chi connectivity index (χ3v) is 3.76. The Morgan fingerprint density at radius 3 is 2.60 bits per heavy atom. The molecule has 1 aromatic heterocycles. The van der Waals surface area contributed by atoms with Gasteiger partial charge in [0.15, 0.2) is 0 Å². The zero-order chi connectivity index (χ0) is 13.7. The third-order valence-electron chi connectivity index (χ3n) is 3.53. The molecule has 0 aliphatic carbocycles. The fraction of sp³-hybridized carbons (Fsp3) is 0. The molecular formula is C17H9ClO2. The lowest BCUT2D eigenvalue weighted by Crippen LogP contribution is -2.02. The molecule has 0 radical (unpaired) electrons.